The SMILES string of the molecule is CC(=O)C1C(C)(C)C1(c1ccccc1)c1ccccc1. The lowest BCUT2D eigenvalue weighted by Crippen LogP contribution is -2.18. The molecule has 0 radical (unpaired) electrons. The number of benzene rings is 2. The molecule has 0 saturated heterocycles. The molecule has 1 aliphatic rings. The van der Waals surface area contributed by atoms with Crippen molar-refractivity contribution in [3.63, 3.8) is 0 Å². The maximum atomic E-state index is 12.2. The molecule has 1 nitrogen and oxygen atoms in total. The fourth-order valence-corrected chi connectivity index (χ4v) is 4.22. The van der Waals surface area contributed by atoms with E-state index in [-0.39, 0.29) is 22.5 Å². The first-order chi connectivity index (χ1) is 9.53. The first kappa shape index (κ1) is 13.1. The van der Waals surface area contributed by atoms with Crippen molar-refractivity contribution in [3.05, 3.63) is 71.8 Å². The van der Waals surface area contributed by atoms with Gasteiger partial charge in [-0.25, -0.2) is 0 Å². The molecule has 1 saturated carbocycles. The van der Waals surface area contributed by atoms with E-state index in [2.05, 4.69) is 62.4 Å². The summed E-state index contributed by atoms with van der Waals surface area (Å²) in [4.78, 5) is 12.2. The van der Waals surface area contributed by atoms with Gasteiger partial charge in [0.25, 0.3) is 0 Å². The lowest BCUT2D eigenvalue weighted by atomic mass is 9.81. The summed E-state index contributed by atoms with van der Waals surface area (Å²) in [5, 5.41) is 0. The third-order valence-corrected chi connectivity index (χ3v) is 4.95. The lowest BCUT2D eigenvalue weighted by Gasteiger charge is -2.22. The molecule has 0 aliphatic heterocycles. The molecule has 0 heterocycles. The van der Waals surface area contributed by atoms with Gasteiger partial charge in [0.1, 0.15) is 5.78 Å². The number of ketones is 1. The van der Waals surface area contributed by atoms with E-state index in [1.165, 1.54) is 11.1 Å². The quantitative estimate of drug-likeness (QED) is 0.811. The van der Waals surface area contributed by atoms with Gasteiger partial charge in [-0.15, -0.1) is 0 Å². The Morgan fingerprint density at radius 3 is 1.55 bits per heavy atom. The molecule has 0 bridgehead atoms. The van der Waals surface area contributed by atoms with E-state index in [0.29, 0.717) is 0 Å². The zero-order valence-electron chi connectivity index (χ0n) is 12.3. The zero-order valence-corrected chi connectivity index (χ0v) is 12.3. The van der Waals surface area contributed by atoms with Crippen LogP contribution in [0.1, 0.15) is 31.9 Å². The Hall–Kier alpha value is -1.89. The molecule has 1 fully saturated rings. The highest BCUT2D eigenvalue weighted by Gasteiger charge is 2.74. The summed E-state index contributed by atoms with van der Waals surface area (Å²) in [6, 6.07) is 20.9. The smallest absolute Gasteiger partial charge is 0.134 e. The zero-order chi connectivity index (χ0) is 14.4. The third-order valence-electron chi connectivity index (χ3n) is 4.95. The fourth-order valence-electron chi connectivity index (χ4n) is 4.22. The molecule has 1 heteroatoms. The molecule has 0 aromatic heterocycles. The van der Waals surface area contributed by atoms with Crippen LogP contribution >= 0.6 is 0 Å². The second-order valence-corrected chi connectivity index (χ2v) is 6.31. The highest BCUT2D eigenvalue weighted by atomic mass is 16.1. The summed E-state index contributed by atoms with van der Waals surface area (Å²) < 4.78 is 0. The topological polar surface area (TPSA) is 17.1 Å². The van der Waals surface area contributed by atoms with Crippen LogP contribution in [0.2, 0.25) is 0 Å². The van der Waals surface area contributed by atoms with Gasteiger partial charge in [0.2, 0.25) is 0 Å². The normalized spacial score (nSPS) is 22.2. The van der Waals surface area contributed by atoms with Crippen LogP contribution in [0.4, 0.5) is 0 Å². The van der Waals surface area contributed by atoms with E-state index in [9.17, 15) is 4.79 Å². The molecule has 0 amide bonds. The molecule has 1 unspecified atom stereocenters. The van der Waals surface area contributed by atoms with Crippen LogP contribution in [-0.2, 0) is 10.2 Å². The molecule has 3 rings (SSSR count). The van der Waals surface area contributed by atoms with Gasteiger partial charge in [0.05, 0.1) is 0 Å². The van der Waals surface area contributed by atoms with Crippen molar-refractivity contribution in [1.29, 1.82) is 0 Å². The van der Waals surface area contributed by atoms with Crippen molar-refractivity contribution < 1.29 is 4.79 Å². The average molecular weight is 264 g/mol. The minimum absolute atomic E-state index is 0.0401. The van der Waals surface area contributed by atoms with E-state index in [1.54, 1.807) is 6.92 Å². The number of rotatable bonds is 3. The summed E-state index contributed by atoms with van der Waals surface area (Å²) in [7, 11) is 0. The van der Waals surface area contributed by atoms with Gasteiger partial charge >= 0.3 is 0 Å². The molecule has 20 heavy (non-hydrogen) atoms. The van der Waals surface area contributed by atoms with Gasteiger partial charge in [0, 0.05) is 11.3 Å². The first-order valence-corrected chi connectivity index (χ1v) is 7.14. The van der Waals surface area contributed by atoms with E-state index in [0.717, 1.165) is 0 Å². The predicted molar refractivity (Wildman–Crippen MR) is 81.6 cm³/mol. The van der Waals surface area contributed by atoms with E-state index >= 15 is 0 Å². The van der Waals surface area contributed by atoms with Crippen LogP contribution < -0.4 is 0 Å². The van der Waals surface area contributed by atoms with Crippen LogP contribution in [0.5, 0.6) is 0 Å². The summed E-state index contributed by atoms with van der Waals surface area (Å²) in [5.41, 5.74) is 2.27. The van der Waals surface area contributed by atoms with Crippen molar-refractivity contribution in [2.24, 2.45) is 11.3 Å². The summed E-state index contributed by atoms with van der Waals surface area (Å²) in [5.74, 6) is 0.336. The number of carbonyl (C=O) groups is 1. The first-order valence-electron chi connectivity index (χ1n) is 7.14. The Morgan fingerprint density at radius 2 is 1.25 bits per heavy atom. The standard InChI is InChI=1S/C19H20O/c1-14(20)17-18(2,3)19(17,15-10-6-4-7-11-15)16-12-8-5-9-13-16/h4-13,17H,1-3H3. The van der Waals surface area contributed by atoms with Gasteiger partial charge in [-0.1, -0.05) is 74.5 Å². The van der Waals surface area contributed by atoms with Crippen molar-refractivity contribution in [3.8, 4) is 0 Å². The summed E-state index contributed by atoms with van der Waals surface area (Å²) in [6.07, 6.45) is 0. The Bertz CT molecular complexity index is 586. The largest absolute Gasteiger partial charge is 0.300 e. The Labute approximate surface area is 120 Å². The van der Waals surface area contributed by atoms with Gasteiger partial charge < -0.3 is 0 Å². The van der Waals surface area contributed by atoms with Gasteiger partial charge in [-0.05, 0) is 23.5 Å². The highest BCUT2D eigenvalue weighted by molar-refractivity contribution is 5.88. The van der Waals surface area contributed by atoms with Gasteiger partial charge in [-0.3, -0.25) is 4.79 Å². The number of Topliss-reactive ketones (excluding diaryl/α,β-unsaturated/α-hetero) is 1. The Balaban J connectivity index is 2.24. The van der Waals surface area contributed by atoms with Crippen LogP contribution in [0, 0.1) is 11.3 Å². The molecule has 0 N–H and O–H groups in total. The second-order valence-electron chi connectivity index (χ2n) is 6.31. The number of hydrogen-bond acceptors (Lipinski definition) is 1. The lowest BCUT2D eigenvalue weighted by molar-refractivity contribution is -0.119. The molecular formula is C19H20O. The highest BCUT2D eigenvalue weighted by Crippen LogP contribution is 2.72. The minimum atomic E-state index is -0.179. The van der Waals surface area contributed by atoms with Crippen LogP contribution in [-0.4, -0.2) is 5.78 Å². The van der Waals surface area contributed by atoms with Crippen LogP contribution in [0.25, 0.3) is 0 Å². The van der Waals surface area contributed by atoms with Crippen LogP contribution in [0.3, 0.4) is 0 Å². The van der Waals surface area contributed by atoms with Crippen molar-refractivity contribution in [2.75, 3.05) is 0 Å². The fraction of sp³-hybridized carbons (Fsp3) is 0.316. The molecule has 1 atom stereocenters. The van der Waals surface area contributed by atoms with Crippen molar-refractivity contribution in [2.45, 2.75) is 26.2 Å². The van der Waals surface area contributed by atoms with E-state index in [4.69, 9.17) is 0 Å². The molecule has 1 aliphatic carbocycles. The third kappa shape index (κ3) is 1.53. The minimum Gasteiger partial charge on any atom is -0.300 e. The Kier molecular flexibility index (Phi) is 2.82. The average Bonchev–Trinajstić information content (AvgIpc) is 2.99. The van der Waals surface area contributed by atoms with Gasteiger partial charge in [-0.2, -0.15) is 0 Å². The van der Waals surface area contributed by atoms with Crippen molar-refractivity contribution >= 4 is 5.78 Å². The van der Waals surface area contributed by atoms with Crippen LogP contribution in [0.15, 0.2) is 60.7 Å². The number of carbonyl (C=O) groups excluding carboxylic acids is 1. The monoisotopic (exact) mass is 264 g/mol. The second kappa shape index (κ2) is 4.31. The van der Waals surface area contributed by atoms with E-state index in [1.807, 2.05) is 12.1 Å². The molecule has 2 aromatic carbocycles. The maximum Gasteiger partial charge on any atom is 0.134 e. The Morgan fingerprint density at radius 1 is 0.850 bits per heavy atom. The summed E-state index contributed by atoms with van der Waals surface area (Å²) >= 11 is 0. The van der Waals surface area contributed by atoms with Crippen molar-refractivity contribution in [1.82, 2.24) is 0 Å². The predicted octanol–water partition coefficient (Wildman–Crippen LogP) is 4.22. The molecular weight excluding hydrogens is 244 g/mol. The van der Waals surface area contributed by atoms with Gasteiger partial charge in [0.15, 0.2) is 0 Å². The maximum absolute atomic E-state index is 12.2. The van der Waals surface area contributed by atoms with E-state index < -0.39 is 0 Å². The molecule has 102 valence electrons. The molecule has 2 aromatic rings. The summed E-state index contributed by atoms with van der Waals surface area (Å²) in [6.45, 7) is 6.14. The number of hydrogen-bond donors (Lipinski definition) is 0. The molecule has 0 spiro atoms.